The summed E-state index contributed by atoms with van der Waals surface area (Å²) in [5, 5.41) is 15.0. The Morgan fingerprint density at radius 2 is 1.20 bits per heavy atom. The fourth-order valence-corrected chi connectivity index (χ4v) is 21.0. The predicted molar refractivity (Wildman–Crippen MR) is 179 cm³/mol. The van der Waals surface area contributed by atoms with Gasteiger partial charge in [0.15, 0.2) is 0 Å². The summed E-state index contributed by atoms with van der Waals surface area (Å²) in [7, 11) is 0. The Hall–Kier alpha value is -0.571. The van der Waals surface area contributed by atoms with Crippen LogP contribution in [-0.2, 0) is 13.1 Å². The van der Waals surface area contributed by atoms with E-state index in [1.165, 1.54) is 55.5 Å². The second-order valence-electron chi connectivity index (χ2n) is 10.0. The number of unbranched alkanes of at least 4 members (excludes halogenated alkanes) is 3. The smallest absolute Gasteiger partial charge is 0.0778 e. The van der Waals surface area contributed by atoms with E-state index in [1.807, 2.05) is 16.8 Å². The van der Waals surface area contributed by atoms with Gasteiger partial charge in [0.25, 0.3) is 0 Å². The van der Waals surface area contributed by atoms with Crippen LogP contribution in [0.15, 0.2) is 35.6 Å². The summed E-state index contributed by atoms with van der Waals surface area (Å²) in [6.45, 7) is 7.71. The average Bonchev–Trinajstić information content (AvgIpc) is 3.42. The first-order valence-electron chi connectivity index (χ1n) is 13.8. The third kappa shape index (κ3) is 11.5. The Morgan fingerprint density at radius 1 is 0.756 bits per heavy atom. The zero-order chi connectivity index (χ0) is 30.4. The number of halogens is 6. The molecule has 6 nitrogen and oxygen atoms in total. The molecule has 0 aliphatic heterocycles. The molecule has 2 aromatic carbocycles. The number of hydrogen-bond donors (Lipinski definition) is 0. The molecular formula is C28H36Cl6N6Sn. The van der Waals surface area contributed by atoms with Crippen molar-refractivity contribution in [3.05, 3.63) is 82.2 Å². The number of benzene rings is 2. The Kier molecular flexibility index (Phi) is 16.9. The van der Waals surface area contributed by atoms with E-state index in [0.29, 0.717) is 36.7 Å². The fourth-order valence-electron chi connectivity index (χ4n) is 4.62. The van der Waals surface area contributed by atoms with Crippen LogP contribution in [0.5, 0.6) is 0 Å². The van der Waals surface area contributed by atoms with Crippen LogP contribution < -0.4 is 3.71 Å². The topological polar surface area (TPSA) is 79.5 Å². The van der Waals surface area contributed by atoms with Gasteiger partial charge in [-0.1, -0.05) is 39.9 Å². The van der Waals surface area contributed by atoms with E-state index in [4.69, 9.17) is 80.2 Å². The van der Waals surface area contributed by atoms with Gasteiger partial charge in [0.2, 0.25) is 0 Å². The van der Waals surface area contributed by atoms with Crippen LogP contribution in [0.1, 0.15) is 70.4 Å². The first-order chi connectivity index (χ1) is 19.6. The SMILES string of the molecule is CCC[CH2][Sn]([CH2]CCC)([CH2]CCC)[c]1cn(Cc2cc(Cl)c(Cl)c(Cl)c2)nn1.[N-]=[N+]=NCc1cc(Cl)c(Cl)c(Cl)c1. The molecule has 3 rings (SSSR count). The molecule has 0 saturated heterocycles. The zero-order valence-electron chi connectivity index (χ0n) is 23.6. The summed E-state index contributed by atoms with van der Waals surface area (Å²) in [6.07, 6.45) is 9.94. The van der Waals surface area contributed by atoms with Crippen molar-refractivity contribution in [1.82, 2.24) is 15.0 Å². The van der Waals surface area contributed by atoms with Gasteiger partial charge in [0.1, 0.15) is 0 Å². The standard InChI is InChI=1S/C9H5Cl3N3.C7H4Cl3N3.3C4H9.Sn/c10-7-3-6(4-8(11)9(7)12)5-15-2-1-13-14-15;8-5-1-4(3-12-13-11)2-6(9)7(5)10;3*1-3-4-2;/h2-4H,5H2;1-2H,3H2;3*1,3-4H2,2H3;. The molecule has 0 N–H and O–H groups in total. The van der Waals surface area contributed by atoms with Gasteiger partial charge in [-0.3, -0.25) is 0 Å². The van der Waals surface area contributed by atoms with Crippen LogP contribution in [0.2, 0.25) is 43.4 Å². The Labute approximate surface area is 277 Å². The maximum atomic E-state index is 8.09. The number of azide groups is 1. The molecule has 0 aliphatic rings. The van der Waals surface area contributed by atoms with Gasteiger partial charge in [0.05, 0.1) is 21.6 Å². The van der Waals surface area contributed by atoms with Crippen LogP contribution in [0, 0.1) is 0 Å². The Morgan fingerprint density at radius 3 is 1.61 bits per heavy atom. The summed E-state index contributed by atoms with van der Waals surface area (Å²) in [4.78, 5) is 2.62. The Balaban J connectivity index is 0.000000377. The molecule has 0 fully saturated rings. The van der Waals surface area contributed by atoms with Crippen LogP contribution in [0.4, 0.5) is 0 Å². The van der Waals surface area contributed by atoms with Crippen molar-refractivity contribution in [1.29, 1.82) is 0 Å². The van der Waals surface area contributed by atoms with Crippen molar-refractivity contribution < 1.29 is 0 Å². The first kappa shape index (κ1) is 36.6. The average molecular weight is 788 g/mol. The van der Waals surface area contributed by atoms with E-state index in [-0.39, 0.29) is 6.54 Å². The van der Waals surface area contributed by atoms with Crippen molar-refractivity contribution in [2.45, 2.75) is 85.7 Å². The maximum absolute atomic E-state index is 8.09. The van der Waals surface area contributed by atoms with Gasteiger partial charge in [-0.2, -0.15) is 0 Å². The van der Waals surface area contributed by atoms with E-state index in [2.05, 4.69) is 42.2 Å². The second-order valence-corrected chi connectivity index (χ2v) is 25.5. The molecule has 41 heavy (non-hydrogen) atoms. The van der Waals surface area contributed by atoms with Crippen LogP contribution in [0.3, 0.4) is 0 Å². The molecule has 0 atom stereocenters. The molecule has 0 spiro atoms. The maximum Gasteiger partial charge on any atom is 0.0778 e. The van der Waals surface area contributed by atoms with Crippen LogP contribution >= 0.6 is 69.6 Å². The molecule has 0 radical (unpaired) electrons. The quantitative estimate of drug-likeness (QED) is 0.0536. The van der Waals surface area contributed by atoms with Gasteiger partial charge in [-0.15, -0.1) is 0 Å². The van der Waals surface area contributed by atoms with Crippen molar-refractivity contribution in [3.63, 3.8) is 0 Å². The fraction of sp³-hybridized carbons (Fsp3) is 0.500. The molecule has 1 heterocycles. The van der Waals surface area contributed by atoms with Crippen LogP contribution in [-0.4, -0.2) is 33.4 Å². The summed E-state index contributed by atoms with van der Waals surface area (Å²) >= 11 is 33.1. The number of nitrogens with zero attached hydrogens (tertiary/aromatic N) is 6. The van der Waals surface area contributed by atoms with E-state index in [0.717, 1.165) is 11.1 Å². The minimum Gasteiger partial charge on any atom is -0.0893 e. The van der Waals surface area contributed by atoms with E-state index < -0.39 is 18.4 Å². The van der Waals surface area contributed by atoms with E-state index in [1.54, 1.807) is 12.1 Å². The third-order valence-electron chi connectivity index (χ3n) is 6.86. The molecule has 224 valence electrons. The summed E-state index contributed by atoms with van der Waals surface area (Å²) in [6, 6.07) is 6.95. The summed E-state index contributed by atoms with van der Waals surface area (Å²) in [5.41, 5.74) is 9.81. The normalized spacial score (nSPS) is 11.1. The monoisotopic (exact) mass is 786 g/mol. The molecule has 1 aromatic heterocycles. The van der Waals surface area contributed by atoms with Crippen LogP contribution in [0.25, 0.3) is 10.4 Å². The van der Waals surface area contributed by atoms with Gasteiger partial charge >= 0.3 is 190 Å². The third-order valence-corrected chi connectivity index (χ3v) is 24.2. The first-order valence-corrected chi connectivity index (χ1v) is 23.5. The van der Waals surface area contributed by atoms with Crippen molar-refractivity contribution in [3.8, 4) is 0 Å². The molecular weight excluding hydrogens is 752 g/mol. The molecule has 0 amide bonds. The predicted octanol–water partition coefficient (Wildman–Crippen LogP) is 11.8. The van der Waals surface area contributed by atoms with Gasteiger partial charge in [0, 0.05) is 4.91 Å². The van der Waals surface area contributed by atoms with Crippen molar-refractivity contribution in [2.75, 3.05) is 0 Å². The van der Waals surface area contributed by atoms with Crippen molar-refractivity contribution >= 4 is 91.7 Å². The van der Waals surface area contributed by atoms with Gasteiger partial charge < -0.3 is 0 Å². The number of rotatable bonds is 14. The molecule has 0 aliphatic carbocycles. The van der Waals surface area contributed by atoms with Crippen molar-refractivity contribution in [2.24, 2.45) is 5.11 Å². The van der Waals surface area contributed by atoms with Gasteiger partial charge in [-0.05, 0) is 23.2 Å². The number of aromatic nitrogens is 3. The summed E-state index contributed by atoms with van der Waals surface area (Å²) in [5.74, 6) is 0. The largest absolute Gasteiger partial charge is 0.0893 e. The molecule has 0 saturated carbocycles. The minimum atomic E-state index is -2.53. The van der Waals surface area contributed by atoms with Gasteiger partial charge in [-0.25, -0.2) is 0 Å². The zero-order valence-corrected chi connectivity index (χ0v) is 31.0. The molecule has 0 bridgehead atoms. The Bertz CT molecular complexity index is 1240. The molecule has 0 unspecified atom stereocenters. The number of hydrogen-bond acceptors (Lipinski definition) is 3. The summed E-state index contributed by atoms with van der Waals surface area (Å²) < 4.78 is 7.46. The molecule has 3 aromatic rings. The van der Waals surface area contributed by atoms with E-state index in [9.17, 15) is 0 Å². The van der Waals surface area contributed by atoms with E-state index >= 15 is 0 Å². The minimum absolute atomic E-state index is 0.215. The second kappa shape index (κ2) is 19.0. The molecule has 13 heteroatoms.